The topological polar surface area (TPSA) is 45.7 Å². The van der Waals surface area contributed by atoms with Crippen molar-refractivity contribution in [2.24, 2.45) is 5.41 Å². The van der Waals surface area contributed by atoms with Crippen molar-refractivity contribution in [3.8, 4) is 0 Å². The summed E-state index contributed by atoms with van der Waals surface area (Å²) in [6, 6.07) is 4.39. The molecule has 0 radical (unpaired) electrons. The van der Waals surface area contributed by atoms with Gasteiger partial charge in [-0.3, -0.25) is 14.7 Å². The van der Waals surface area contributed by atoms with Gasteiger partial charge >= 0.3 is 0 Å². The van der Waals surface area contributed by atoms with Gasteiger partial charge in [0.15, 0.2) is 0 Å². The fourth-order valence-electron chi connectivity index (χ4n) is 4.25. The van der Waals surface area contributed by atoms with Gasteiger partial charge in [0, 0.05) is 31.9 Å². The second-order valence-electron chi connectivity index (χ2n) is 6.79. The van der Waals surface area contributed by atoms with E-state index in [1.807, 2.05) is 17.0 Å². The van der Waals surface area contributed by atoms with E-state index in [1.165, 1.54) is 0 Å². The molecule has 118 valence electrons. The van der Waals surface area contributed by atoms with Crippen molar-refractivity contribution < 1.29 is 9.53 Å². The number of anilines is 1. The molecule has 0 N–H and O–H groups in total. The van der Waals surface area contributed by atoms with Gasteiger partial charge in [-0.15, -0.1) is 0 Å². The maximum Gasteiger partial charge on any atom is 0.234 e. The van der Waals surface area contributed by atoms with Crippen LogP contribution in [0.5, 0.6) is 0 Å². The van der Waals surface area contributed by atoms with Gasteiger partial charge in [-0.25, -0.2) is 0 Å². The first-order chi connectivity index (χ1) is 10.8. The lowest BCUT2D eigenvalue weighted by atomic mass is 9.78. The smallest absolute Gasteiger partial charge is 0.234 e. The predicted molar refractivity (Wildman–Crippen MR) is 83.7 cm³/mol. The van der Waals surface area contributed by atoms with Crippen LogP contribution in [0.4, 0.5) is 5.69 Å². The van der Waals surface area contributed by atoms with E-state index in [9.17, 15) is 4.79 Å². The van der Waals surface area contributed by atoms with E-state index in [0.717, 1.165) is 64.2 Å². The van der Waals surface area contributed by atoms with Crippen molar-refractivity contribution in [1.82, 2.24) is 9.88 Å². The fourth-order valence-corrected chi connectivity index (χ4v) is 4.25. The van der Waals surface area contributed by atoms with E-state index < -0.39 is 0 Å². The molecule has 2 atom stereocenters. The molecule has 4 rings (SSSR count). The van der Waals surface area contributed by atoms with E-state index in [2.05, 4.69) is 9.88 Å². The maximum absolute atomic E-state index is 13.1. The Bertz CT molecular complexity index is 544. The van der Waals surface area contributed by atoms with Crippen LogP contribution in [0, 0.1) is 5.41 Å². The average Bonchev–Trinajstić information content (AvgIpc) is 3.19. The van der Waals surface area contributed by atoms with Crippen LogP contribution in [0.25, 0.3) is 0 Å². The molecule has 0 bridgehead atoms. The largest absolute Gasteiger partial charge is 0.380 e. The number of pyridine rings is 1. The molecule has 0 aromatic carbocycles. The van der Waals surface area contributed by atoms with E-state index in [4.69, 9.17) is 4.74 Å². The van der Waals surface area contributed by atoms with Crippen molar-refractivity contribution in [3.63, 3.8) is 0 Å². The van der Waals surface area contributed by atoms with Crippen molar-refractivity contribution in [2.75, 3.05) is 37.7 Å². The summed E-state index contributed by atoms with van der Waals surface area (Å²) in [4.78, 5) is 21.7. The fraction of sp³-hybridized carbons (Fsp3) is 0.647. The minimum absolute atomic E-state index is 0.184. The third kappa shape index (κ3) is 2.32. The number of nitrogens with zero attached hydrogens (tertiary/aromatic N) is 3. The Morgan fingerprint density at radius 2 is 2.27 bits per heavy atom. The normalized spacial score (nSPS) is 33.0. The molecular formula is C17H23N3O2. The van der Waals surface area contributed by atoms with Gasteiger partial charge in [0.05, 0.1) is 23.9 Å². The number of likely N-dealkylation sites (tertiary alicyclic amines) is 1. The SMILES string of the molecule is O=C1N(c2cccnc2)CC[C@@]12CCCN([C@H]1CCOC1)C2. The van der Waals surface area contributed by atoms with Gasteiger partial charge in [-0.2, -0.15) is 0 Å². The third-order valence-corrected chi connectivity index (χ3v) is 5.50. The lowest BCUT2D eigenvalue weighted by molar-refractivity contribution is -0.129. The Hall–Kier alpha value is -1.46. The first-order valence-electron chi connectivity index (χ1n) is 8.32. The Morgan fingerprint density at radius 1 is 1.32 bits per heavy atom. The predicted octanol–water partition coefficient (Wildman–Crippen LogP) is 1.69. The second-order valence-corrected chi connectivity index (χ2v) is 6.79. The molecule has 4 heterocycles. The highest BCUT2D eigenvalue weighted by atomic mass is 16.5. The number of carbonyl (C=O) groups excluding carboxylic acids is 1. The number of carbonyl (C=O) groups is 1. The van der Waals surface area contributed by atoms with Crippen LogP contribution >= 0.6 is 0 Å². The van der Waals surface area contributed by atoms with Crippen LogP contribution in [-0.4, -0.2) is 54.7 Å². The zero-order valence-corrected chi connectivity index (χ0v) is 12.9. The Kier molecular flexibility index (Phi) is 3.62. The molecule has 0 unspecified atom stereocenters. The quantitative estimate of drug-likeness (QED) is 0.834. The third-order valence-electron chi connectivity index (χ3n) is 5.50. The van der Waals surface area contributed by atoms with Crippen molar-refractivity contribution in [2.45, 2.75) is 31.7 Å². The van der Waals surface area contributed by atoms with Gasteiger partial charge in [-0.1, -0.05) is 0 Å². The monoisotopic (exact) mass is 301 g/mol. The number of piperidine rings is 1. The highest BCUT2D eigenvalue weighted by Crippen LogP contribution is 2.42. The van der Waals surface area contributed by atoms with Crippen LogP contribution < -0.4 is 4.90 Å². The van der Waals surface area contributed by atoms with Gasteiger partial charge in [-0.05, 0) is 44.4 Å². The molecule has 3 aliphatic rings. The molecule has 3 fully saturated rings. The van der Waals surface area contributed by atoms with E-state index in [1.54, 1.807) is 12.4 Å². The summed E-state index contributed by atoms with van der Waals surface area (Å²) < 4.78 is 5.53. The highest BCUT2D eigenvalue weighted by Gasteiger charge is 2.50. The van der Waals surface area contributed by atoms with E-state index in [0.29, 0.717) is 11.9 Å². The second kappa shape index (κ2) is 5.63. The summed E-state index contributed by atoms with van der Waals surface area (Å²) in [6.07, 6.45) is 7.75. The van der Waals surface area contributed by atoms with Crippen molar-refractivity contribution in [1.29, 1.82) is 0 Å². The molecule has 0 saturated carbocycles. The summed E-state index contributed by atoms with van der Waals surface area (Å²) in [7, 11) is 0. The van der Waals surface area contributed by atoms with Crippen LogP contribution in [0.15, 0.2) is 24.5 Å². The molecule has 1 aromatic heterocycles. The molecule has 1 amide bonds. The molecule has 0 aliphatic carbocycles. The Morgan fingerprint density at radius 3 is 3.05 bits per heavy atom. The Labute approximate surface area is 131 Å². The number of amides is 1. The standard InChI is InChI=1S/C17H23N3O2/c21-16-17(6-9-20(16)14-3-1-7-18-11-14)5-2-8-19(13-17)15-4-10-22-12-15/h1,3,7,11,15H,2,4-6,8-10,12-13H2/t15-,17+/m0/s1. The number of hydrogen-bond donors (Lipinski definition) is 0. The summed E-state index contributed by atoms with van der Waals surface area (Å²) >= 11 is 0. The summed E-state index contributed by atoms with van der Waals surface area (Å²) in [5.74, 6) is 0.295. The van der Waals surface area contributed by atoms with Gasteiger partial charge in [0.25, 0.3) is 0 Å². The highest BCUT2D eigenvalue weighted by molar-refractivity contribution is 6.00. The Balaban J connectivity index is 1.53. The zero-order chi connectivity index (χ0) is 15.0. The van der Waals surface area contributed by atoms with Gasteiger partial charge < -0.3 is 9.64 Å². The van der Waals surface area contributed by atoms with E-state index in [-0.39, 0.29) is 5.41 Å². The zero-order valence-electron chi connectivity index (χ0n) is 12.9. The lowest BCUT2D eigenvalue weighted by Gasteiger charge is -2.41. The minimum atomic E-state index is -0.184. The summed E-state index contributed by atoms with van der Waals surface area (Å²) in [5, 5.41) is 0. The van der Waals surface area contributed by atoms with Crippen LogP contribution in [0.3, 0.4) is 0 Å². The minimum Gasteiger partial charge on any atom is -0.380 e. The average molecular weight is 301 g/mol. The van der Waals surface area contributed by atoms with Gasteiger partial charge in [0.1, 0.15) is 0 Å². The first kappa shape index (κ1) is 14.2. The van der Waals surface area contributed by atoms with Crippen LogP contribution in [-0.2, 0) is 9.53 Å². The number of ether oxygens (including phenoxy) is 1. The molecule has 5 nitrogen and oxygen atoms in total. The van der Waals surface area contributed by atoms with Crippen molar-refractivity contribution in [3.05, 3.63) is 24.5 Å². The molecular weight excluding hydrogens is 278 g/mol. The first-order valence-corrected chi connectivity index (χ1v) is 8.32. The number of aromatic nitrogens is 1. The molecule has 22 heavy (non-hydrogen) atoms. The van der Waals surface area contributed by atoms with Gasteiger partial charge in [0.2, 0.25) is 5.91 Å². The van der Waals surface area contributed by atoms with Crippen LogP contribution in [0.2, 0.25) is 0 Å². The lowest BCUT2D eigenvalue weighted by Crippen LogP contribution is -2.51. The maximum atomic E-state index is 13.1. The molecule has 5 heteroatoms. The number of rotatable bonds is 2. The number of hydrogen-bond acceptors (Lipinski definition) is 4. The molecule has 1 spiro atoms. The van der Waals surface area contributed by atoms with Crippen molar-refractivity contribution >= 4 is 11.6 Å². The van der Waals surface area contributed by atoms with Crippen LogP contribution in [0.1, 0.15) is 25.7 Å². The summed E-state index contributed by atoms with van der Waals surface area (Å²) in [6.45, 7) is 4.52. The molecule has 1 aromatic rings. The van der Waals surface area contributed by atoms with E-state index >= 15 is 0 Å². The molecule has 3 aliphatic heterocycles. The molecule has 3 saturated heterocycles. The summed E-state index contributed by atoms with van der Waals surface area (Å²) in [5.41, 5.74) is 0.752.